The Morgan fingerprint density at radius 3 is 2.05 bits per heavy atom. The van der Waals surface area contributed by atoms with Crippen LogP contribution in [0, 0.1) is 6.92 Å². The van der Waals surface area contributed by atoms with Crippen molar-refractivity contribution in [1.82, 2.24) is 0 Å². The van der Waals surface area contributed by atoms with Crippen molar-refractivity contribution in [3.05, 3.63) is 23.3 Å². The molecule has 2 rings (SSSR count). The lowest BCUT2D eigenvalue weighted by Crippen LogP contribution is -2.00. The first-order chi connectivity index (χ1) is 10.3. The molecule has 0 spiro atoms. The van der Waals surface area contributed by atoms with E-state index in [1.807, 2.05) is 13.0 Å². The number of aryl methyl sites for hydroxylation is 2. The van der Waals surface area contributed by atoms with E-state index >= 15 is 0 Å². The topological polar surface area (TPSA) is 29.5 Å². The van der Waals surface area contributed by atoms with Crippen molar-refractivity contribution in [3.8, 4) is 11.5 Å². The Balaban J connectivity index is 1.99. The highest BCUT2D eigenvalue weighted by Crippen LogP contribution is 2.29. The molecule has 0 radical (unpaired) electrons. The van der Waals surface area contributed by atoms with E-state index in [0.717, 1.165) is 42.7 Å². The Labute approximate surface area is 129 Å². The normalized spacial score (nSPS) is 18.9. The number of ether oxygens (including phenoxy) is 1. The minimum Gasteiger partial charge on any atom is -0.508 e. The van der Waals surface area contributed by atoms with Crippen LogP contribution in [0.25, 0.3) is 0 Å². The highest BCUT2D eigenvalue weighted by Gasteiger charge is 2.08. The highest BCUT2D eigenvalue weighted by atomic mass is 16.5. The van der Waals surface area contributed by atoms with Gasteiger partial charge >= 0.3 is 0 Å². The van der Waals surface area contributed by atoms with Crippen LogP contribution in [0.4, 0.5) is 0 Å². The predicted molar refractivity (Wildman–Crippen MR) is 88.2 cm³/mol. The van der Waals surface area contributed by atoms with Crippen LogP contribution in [0.5, 0.6) is 11.5 Å². The van der Waals surface area contributed by atoms with Gasteiger partial charge in [0.05, 0.1) is 6.61 Å². The van der Waals surface area contributed by atoms with E-state index in [2.05, 4.69) is 6.07 Å². The van der Waals surface area contributed by atoms with Crippen molar-refractivity contribution in [1.29, 1.82) is 0 Å². The van der Waals surface area contributed by atoms with Crippen molar-refractivity contribution < 1.29 is 9.84 Å². The van der Waals surface area contributed by atoms with Crippen LogP contribution in [0.2, 0.25) is 0 Å². The number of hydrogen-bond donors (Lipinski definition) is 1. The Bertz CT molecular complexity index is 391. The van der Waals surface area contributed by atoms with Gasteiger partial charge in [0.1, 0.15) is 11.5 Å². The zero-order valence-corrected chi connectivity index (χ0v) is 13.5. The number of rotatable bonds is 0. The zero-order chi connectivity index (χ0) is 14.9. The van der Waals surface area contributed by atoms with E-state index in [4.69, 9.17) is 4.74 Å². The standard InChI is InChI=1S/C19H30O2/c1-16-14-18(20)17-12-10-8-6-4-2-3-5-7-9-11-13-21-19(16)15-17/h14-15,20H,2-13H2,1H3. The van der Waals surface area contributed by atoms with Gasteiger partial charge in [-0.1, -0.05) is 51.4 Å². The van der Waals surface area contributed by atoms with Crippen LogP contribution in [0.1, 0.15) is 75.3 Å². The number of aromatic hydroxyl groups is 1. The molecule has 1 heterocycles. The molecule has 2 nitrogen and oxygen atoms in total. The summed E-state index contributed by atoms with van der Waals surface area (Å²) in [6, 6.07) is 3.91. The van der Waals surface area contributed by atoms with Gasteiger partial charge in [-0.05, 0) is 49.4 Å². The van der Waals surface area contributed by atoms with E-state index in [1.165, 1.54) is 51.4 Å². The van der Waals surface area contributed by atoms with Gasteiger partial charge in [-0.2, -0.15) is 0 Å². The Morgan fingerprint density at radius 2 is 1.38 bits per heavy atom. The second-order valence-electron chi connectivity index (χ2n) is 6.38. The van der Waals surface area contributed by atoms with Crippen LogP contribution in [0.15, 0.2) is 12.1 Å². The maximum Gasteiger partial charge on any atom is 0.122 e. The van der Waals surface area contributed by atoms with Gasteiger partial charge < -0.3 is 9.84 Å². The molecule has 0 aromatic heterocycles. The molecule has 0 unspecified atom stereocenters. The van der Waals surface area contributed by atoms with Gasteiger partial charge in [0, 0.05) is 0 Å². The second kappa shape index (κ2) is 8.96. The average Bonchev–Trinajstić information content (AvgIpc) is 2.46. The largest absolute Gasteiger partial charge is 0.508 e. The minimum absolute atomic E-state index is 0.431. The van der Waals surface area contributed by atoms with E-state index in [-0.39, 0.29) is 0 Å². The average molecular weight is 290 g/mol. The second-order valence-corrected chi connectivity index (χ2v) is 6.38. The molecule has 118 valence electrons. The predicted octanol–water partition coefficient (Wildman–Crippen LogP) is 5.54. The summed E-state index contributed by atoms with van der Waals surface area (Å²) >= 11 is 0. The summed E-state index contributed by atoms with van der Waals surface area (Å²) in [7, 11) is 0. The van der Waals surface area contributed by atoms with E-state index in [1.54, 1.807) is 0 Å². The molecule has 1 aliphatic rings. The number of phenols is 1. The van der Waals surface area contributed by atoms with Crippen LogP contribution in [-0.4, -0.2) is 11.7 Å². The van der Waals surface area contributed by atoms with Crippen LogP contribution < -0.4 is 4.74 Å². The Hall–Kier alpha value is -1.18. The zero-order valence-electron chi connectivity index (χ0n) is 13.5. The van der Waals surface area contributed by atoms with Crippen molar-refractivity contribution in [2.45, 2.75) is 77.6 Å². The van der Waals surface area contributed by atoms with Gasteiger partial charge in [0.2, 0.25) is 0 Å². The molecule has 0 aliphatic carbocycles. The summed E-state index contributed by atoms with van der Waals surface area (Å²) in [5, 5.41) is 10.1. The van der Waals surface area contributed by atoms with Gasteiger partial charge in [0.25, 0.3) is 0 Å². The molecule has 0 atom stereocenters. The molecule has 21 heavy (non-hydrogen) atoms. The lowest BCUT2D eigenvalue weighted by molar-refractivity contribution is 0.301. The first-order valence-corrected chi connectivity index (χ1v) is 8.72. The Morgan fingerprint density at radius 1 is 0.810 bits per heavy atom. The van der Waals surface area contributed by atoms with Gasteiger partial charge in [-0.15, -0.1) is 0 Å². The van der Waals surface area contributed by atoms with Crippen molar-refractivity contribution >= 4 is 0 Å². The fraction of sp³-hybridized carbons (Fsp3) is 0.684. The van der Waals surface area contributed by atoms with E-state index in [9.17, 15) is 5.11 Å². The highest BCUT2D eigenvalue weighted by molar-refractivity contribution is 5.45. The first kappa shape index (κ1) is 16.2. The van der Waals surface area contributed by atoms with E-state index in [0.29, 0.717) is 5.75 Å². The van der Waals surface area contributed by atoms with E-state index < -0.39 is 0 Å². The fourth-order valence-electron chi connectivity index (χ4n) is 3.08. The summed E-state index contributed by atoms with van der Waals surface area (Å²) in [4.78, 5) is 0. The first-order valence-electron chi connectivity index (χ1n) is 8.72. The maximum atomic E-state index is 10.1. The van der Waals surface area contributed by atoms with Crippen molar-refractivity contribution in [3.63, 3.8) is 0 Å². The molecule has 1 aliphatic heterocycles. The smallest absolute Gasteiger partial charge is 0.122 e. The van der Waals surface area contributed by atoms with Crippen LogP contribution >= 0.6 is 0 Å². The van der Waals surface area contributed by atoms with Gasteiger partial charge in [-0.3, -0.25) is 0 Å². The van der Waals surface area contributed by atoms with Crippen LogP contribution in [0.3, 0.4) is 0 Å². The maximum absolute atomic E-state index is 10.1. The summed E-state index contributed by atoms with van der Waals surface area (Å²) in [5.41, 5.74) is 2.08. The molecular formula is C19H30O2. The summed E-state index contributed by atoms with van der Waals surface area (Å²) in [6.45, 7) is 2.81. The third-order valence-electron chi connectivity index (χ3n) is 4.47. The quantitative estimate of drug-likeness (QED) is 0.680. The molecule has 0 fully saturated rings. The van der Waals surface area contributed by atoms with Crippen molar-refractivity contribution in [2.24, 2.45) is 0 Å². The number of fused-ring (bicyclic) bond motifs is 2. The molecule has 0 saturated heterocycles. The minimum atomic E-state index is 0.431. The molecule has 1 N–H and O–H groups in total. The van der Waals surface area contributed by atoms with Gasteiger partial charge in [-0.25, -0.2) is 0 Å². The summed E-state index contributed by atoms with van der Waals surface area (Å²) < 4.78 is 5.92. The molecular weight excluding hydrogens is 260 g/mol. The third kappa shape index (κ3) is 5.61. The third-order valence-corrected chi connectivity index (χ3v) is 4.47. The van der Waals surface area contributed by atoms with Gasteiger partial charge in [0.15, 0.2) is 0 Å². The molecule has 1 aromatic carbocycles. The molecule has 0 saturated carbocycles. The summed E-state index contributed by atoms with van der Waals surface area (Å²) in [5.74, 6) is 1.39. The van der Waals surface area contributed by atoms with Crippen LogP contribution in [-0.2, 0) is 6.42 Å². The fourth-order valence-corrected chi connectivity index (χ4v) is 3.08. The molecule has 1 aromatic rings. The summed E-state index contributed by atoms with van der Waals surface area (Å²) in [6.07, 6.45) is 14.0. The lowest BCUT2D eigenvalue weighted by atomic mass is 10.0. The molecule has 2 heteroatoms. The molecule has 0 amide bonds. The SMILES string of the molecule is Cc1cc(O)c2cc1OCCCCCCCCCCCC2. The lowest BCUT2D eigenvalue weighted by Gasteiger charge is -2.13. The monoisotopic (exact) mass is 290 g/mol. The molecule has 2 bridgehead atoms. The number of hydrogen-bond acceptors (Lipinski definition) is 2. The Kier molecular flexibility index (Phi) is 6.91. The number of benzene rings is 1. The van der Waals surface area contributed by atoms with Crippen molar-refractivity contribution in [2.75, 3.05) is 6.61 Å². The number of phenolic OH excluding ortho intramolecular Hbond substituents is 1.